The number of hydrogen-bond donors (Lipinski definition) is 1. The number of hydrogen-bond acceptors (Lipinski definition) is 6. The van der Waals surface area contributed by atoms with E-state index in [0.717, 1.165) is 5.56 Å². The molecule has 1 N–H and O–H groups in total. The number of rotatable bonds is 7. The Morgan fingerprint density at radius 2 is 2.03 bits per heavy atom. The van der Waals surface area contributed by atoms with Crippen molar-refractivity contribution in [2.24, 2.45) is 0 Å². The van der Waals surface area contributed by atoms with Gasteiger partial charge in [-0.05, 0) is 56.2 Å². The maximum Gasteiger partial charge on any atom is 0.295 e. The Hall–Kier alpha value is -3.19. The topological polar surface area (TPSA) is 89.0 Å². The van der Waals surface area contributed by atoms with Crippen molar-refractivity contribution in [2.75, 3.05) is 20.3 Å². The molecule has 0 aliphatic carbocycles. The summed E-state index contributed by atoms with van der Waals surface area (Å²) in [7, 11) is 1.56. The van der Waals surface area contributed by atoms with Crippen molar-refractivity contribution >= 4 is 17.4 Å². The van der Waals surface area contributed by atoms with Crippen LogP contribution in [0, 0.1) is 6.92 Å². The number of aromatic nitrogens is 1. The number of aryl methyl sites for hydroxylation is 1. The lowest BCUT2D eigenvalue weighted by molar-refractivity contribution is -0.140. The molecule has 0 spiro atoms. The summed E-state index contributed by atoms with van der Waals surface area (Å²) in [5, 5.41) is 11.1. The summed E-state index contributed by atoms with van der Waals surface area (Å²) in [4.78, 5) is 31.3. The third-order valence-corrected chi connectivity index (χ3v) is 5.01. The first-order valence-electron chi connectivity index (χ1n) is 9.80. The van der Waals surface area contributed by atoms with Gasteiger partial charge < -0.3 is 19.5 Å². The van der Waals surface area contributed by atoms with E-state index in [9.17, 15) is 14.7 Å². The lowest BCUT2D eigenvalue weighted by Crippen LogP contribution is -2.33. The smallest absolute Gasteiger partial charge is 0.295 e. The first-order chi connectivity index (χ1) is 14.3. The van der Waals surface area contributed by atoms with Gasteiger partial charge in [0, 0.05) is 24.5 Å². The molecule has 7 nitrogen and oxygen atoms in total. The number of ether oxygens (including phenoxy) is 2. The van der Waals surface area contributed by atoms with E-state index in [1.807, 2.05) is 20.8 Å². The van der Waals surface area contributed by atoms with Crippen LogP contribution in [0.25, 0.3) is 5.76 Å². The standard InChI is InChI=1S/C23H26N2O5/c1-14(2)30-11-10-25-20(16-6-5-9-24-13-16)19(22(27)23(25)28)21(26)18-8-7-17(29-4)12-15(18)3/h5-9,12-14,20,26H,10-11H2,1-4H3/b21-19-. The Morgan fingerprint density at radius 1 is 1.27 bits per heavy atom. The van der Waals surface area contributed by atoms with Gasteiger partial charge >= 0.3 is 0 Å². The van der Waals surface area contributed by atoms with E-state index in [4.69, 9.17) is 9.47 Å². The van der Waals surface area contributed by atoms with Crippen LogP contribution >= 0.6 is 0 Å². The van der Waals surface area contributed by atoms with Crippen LogP contribution in [0.2, 0.25) is 0 Å². The summed E-state index contributed by atoms with van der Waals surface area (Å²) < 4.78 is 10.8. The van der Waals surface area contributed by atoms with Gasteiger partial charge in [0.2, 0.25) is 0 Å². The molecule has 1 aromatic carbocycles. The molecule has 0 saturated carbocycles. The number of methoxy groups -OCH3 is 1. The number of benzene rings is 1. The number of pyridine rings is 1. The van der Waals surface area contributed by atoms with E-state index in [0.29, 0.717) is 16.9 Å². The largest absolute Gasteiger partial charge is 0.507 e. The van der Waals surface area contributed by atoms with Crippen molar-refractivity contribution < 1.29 is 24.2 Å². The van der Waals surface area contributed by atoms with Crippen LogP contribution in [0.15, 0.2) is 48.3 Å². The average molecular weight is 410 g/mol. The Balaban J connectivity index is 2.09. The number of nitrogens with zero attached hydrogens (tertiary/aromatic N) is 2. The summed E-state index contributed by atoms with van der Waals surface area (Å²) >= 11 is 0. The SMILES string of the molecule is COc1ccc(/C(O)=C2/C(=O)C(=O)N(CCOC(C)C)C2c2cccnc2)c(C)c1. The molecule has 7 heteroatoms. The van der Waals surface area contributed by atoms with Gasteiger partial charge in [-0.15, -0.1) is 0 Å². The van der Waals surface area contributed by atoms with Crippen molar-refractivity contribution in [1.82, 2.24) is 9.88 Å². The number of ketones is 1. The predicted octanol–water partition coefficient (Wildman–Crippen LogP) is 3.25. The highest BCUT2D eigenvalue weighted by atomic mass is 16.5. The maximum absolute atomic E-state index is 13.0. The fraction of sp³-hybridized carbons (Fsp3) is 0.348. The van der Waals surface area contributed by atoms with Crippen LogP contribution in [0.3, 0.4) is 0 Å². The Morgan fingerprint density at radius 3 is 2.63 bits per heavy atom. The van der Waals surface area contributed by atoms with Gasteiger partial charge in [-0.3, -0.25) is 14.6 Å². The molecule has 3 rings (SSSR count). The number of carbonyl (C=O) groups excluding carboxylic acids is 2. The van der Waals surface area contributed by atoms with E-state index >= 15 is 0 Å². The molecule has 0 bridgehead atoms. The summed E-state index contributed by atoms with van der Waals surface area (Å²) in [6.45, 7) is 6.12. The Kier molecular flexibility index (Phi) is 6.52. The van der Waals surface area contributed by atoms with E-state index in [1.54, 1.807) is 49.8 Å². The van der Waals surface area contributed by atoms with Gasteiger partial charge in [-0.2, -0.15) is 0 Å². The molecular weight excluding hydrogens is 384 g/mol. The number of aliphatic hydroxyl groups is 1. The van der Waals surface area contributed by atoms with Crippen LogP contribution in [0.5, 0.6) is 5.75 Å². The zero-order valence-electron chi connectivity index (χ0n) is 17.6. The first kappa shape index (κ1) is 21.5. The molecule has 2 aromatic rings. The normalized spacial score (nSPS) is 18.3. The van der Waals surface area contributed by atoms with Crippen molar-refractivity contribution in [3.63, 3.8) is 0 Å². The number of carbonyl (C=O) groups is 2. The third kappa shape index (κ3) is 4.21. The molecule has 1 unspecified atom stereocenters. The molecule has 2 heterocycles. The Bertz CT molecular complexity index is 969. The molecule has 30 heavy (non-hydrogen) atoms. The van der Waals surface area contributed by atoms with E-state index in [2.05, 4.69) is 4.98 Å². The zero-order chi connectivity index (χ0) is 21.8. The van der Waals surface area contributed by atoms with Gasteiger partial charge in [0.05, 0.1) is 31.4 Å². The number of amides is 1. The van der Waals surface area contributed by atoms with Crippen LogP contribution in [0.4, 0.5) is 0 Å². The fourth-order valence-corrected chi connectivity index (χ4v) is 3.56. The van der Waals surface area contributed by atoms with Gasteiger partial charge in [0.15, 0.2) is 0 Å². The summed E-state index contributed by atoms with van der Waals surface area (Å²) in [5.74, 6) is -0.959. The van der Waals surface area contributed by atoms with Crippen LogP contribution in [0.1, 0.15) is 36.6 Å². The molecule has 1 fully saturated rings. The summed E-state index contributed by atoms with van der Waals surface area (Å²) in [6.07, 6.45) is 3.22. The van der Waals surface area contributed by atoms with Crippen LogP contribution in [-0.4, -0.2) is 53.0 Å². The zero-order valence-corrected chi connectivity index (χ0v) is 17.6. The molecule has 1 aromatic heterocycles. The maximum atomic E-state index is 13.0. The monoisotopic (exact) mass is 410 g/mol. The lowest BCUT2D eigenvalue weighted by atomic mass is 9.94. The molecule has 1 amide bonds. The summed E-state index contributed by atoms with van der Waals surface area (Å²) in [5.41, 5.74) is 1.90. The molecule has 1 aliphatic heterocycles. The number of likely N-dealkylation sites (tertiary alicyclic amines) is 1. The van der Waals surface area contributed by atoms with Crippen molar-refractivity contribution in [2.45, 2.75) is 32.9 Å². The summed E-state index contributed by atoms with van der Waals surface area (Å²) in [6, 6.07) is 7.93. The second-order valence-corrected chi connectivity index (χ2v) is 7.38. The van der Waals surface area contributed by atoms with Crippen molar-refractivity contribution in [1.29, 1.82) is 0 Å². The van der Waals surface area contributed by atoms with E-state index < -0.39 is 17.7 Å². The molecule has 1 aliphatic rings. The molecule has 0 radical (unpaired) electrons. The molecule has 158 valence electrons. The number of aliphatic hydroxyl groups excluding tert-OH is 1. The average Bonchev–Trinajstić information content (AvgIpc) is 2.98. The second-order valence-electron chi connectivity index (χ2n) is 7.38. The van der Waals surface area contributed by atoms with Gasteiger partial charge in [-0.1, -0.05) is 6.07 Å². The minimum Gasteiger partial charge on any atom is -0.507 e. The Labute approximate surface area is 175 Å². The van der Waals surface area contributed by atoms with E-state index in [1.165, 1.54) is 4.90 Å². The molecular formula is C23H26N2O5. The number of Topliss-reactive ketones (excluding diaryl/α,β-unsaturated/α-hetero) is 1. The van der Waals surface area contributed by atoms with Gasteiger partial charge in [0.25, 0.3) is 11.7 Å². The predicted molar refractivity (Wildman–Crippen MR) is 112 cm³/mol. The minimum atomic E-state index is -0.740. The third-order valence-electron chi connectivity index (χ3n) is 5.01. The molecule has 1 saturated heterocycles. The van der Waals surface area contributed by atoms with Crippen LogP contribution < -0.4 is 4.74 Å². The fourth-order valence-electron chi connectivity index (χ4n) is 3.56. The second kappa shape index (κ2) is 9.09. The van der Waals surface area contributed by atoms with Crippen molar-refractivity contribution in [3.05, 3.63) is 65.0 Å². The van der Waals surface area contributed by atoms with Gasteiger partial charge in [0.1, 0.15) is 11.5 Å². The highest BCUT2D eigenvalue weighted by Crippen LogP contribution is 2.39. The minimum absolute atomic E-state index is 0.000567. The van der Waals surface area contributed by atoms with Crippen molar-refractivity contribution in [3.8, 4) is 5.75 Å². The van der Waals surface area contributed by atoms with Gasteiger partial charge in [-0.25, -0.2) is 0 Å². The van der Waals surface area contributed by atoms with E-state index in [-0.39, 0.29) is 30.6 Å². The highest BCUT2D eigenvalue weighted by Gasteiger charge is 2.46. The highest BCUT2D eigenvalue weighted by molar-refractivity contribution is 6.46. The lowest BCUT2D eigenvalue weighted by Gasteiger charge is -2.25. The molecule has 1 atom stereocenters. The van der Waals surface area contributed by atoms with Crippen LogP contribution in [-0.2, 0) is 14.3 Å². The first-order valence-corrected chi connectivity index (χ1v) is 9.80. The quantitative estimate of drug-likeness (QED) is 0.428.